The number of anilines is 1. The first-order valence-corrected chi connectivity index (χ1v) is 3.57. The van der Waals surface area contributed by atoms with Gasteiger partial charge in [-0.2, -0.15) is 13.2 Å². The van der Waals surface area contributed by atoms with Crippen LogP contribution in [0.2, 0.25) is 0 Å². The van der Waals surface area contributed by atoms with Gasteiger partial charge in [-0.3, -0.25) is 0 Å². The van der Waals surface area contributed by atoms with E-state index < -0.39 is 12.6 Å². The number of tetrazole rings is 1. The van der Waals surface area contributed by atoms with Crippen LogP contribution in [-0.2, 0) is 6.54 Å². The largest absolute Gasteiger partial charge is 0.389 e. The number of nitrogens with zero attached hydrogens (tertiary/aromatic N) is 4. The van der Waals surface area contributed by atoms with Crippen LogP contribution < -0.4 is 5.73 Å². The first-order chi connectivity index (χ1) is 5.99. The molecular formula is C5H8F3N5. The Balaban J connectivity index is 2.32. The van der Waals surface area contributed by atoms with E-state index in [0.717, 1.165) is 4.68 Å². The van der Waals surface area contributed by atoms with E-state index in [2.05, 4.69) is 15.5 Å². The number of rotatable bonds is 3. The van der Waals surface area contributed by atoms with Crippen molar-refractivity contribution >= 4 is 5.95 Å². The van der Waals surface area contributed by atoms with E-state index in [0.29, 0.717) is 0 Å². The lowest BCUT2D eigenvalue weighted by Crippen LogP contribution is -2.11. The van der Waals surface area contributed by atoms with Gasteiger partial charge in [0.25, 0.3) is 0 Å². The Bertz CT molecular complexity index is 267. The number of aromatic nitrogens is 4. The van der Waals surface area contributed by atoms with Crippen LogP contribution in [0.15, 0.2) is 0 Å². The monoisotopic (exact) mass is 195 g/mol. The maximum Gasteiger partial charge on any atom is 0.389 e. The summed E-state index contributed by atoms with van der Waals surface area (Å²) in [5.74, 6) is 0.0298. The average Bonchev–Trinajstić information content (AvgIpc) is 2.34. The molecule has 5 nitrogen and oxygen atoms in total. The summed E-state index contributed by atoms with van der Waals surface area (Å²) in [6.45, 7) is 0.0817. The topological polar surface area (TPSA) is 69.6 Å². The van der Waals surface area contributed by atoms with E-state index in [-0.39, 0.29) is 18.9 Å². The van der Waals surface area contributed by atoms with Crippen molar-refractivity contribution in [1.29, 1.82) is 0 Å². The van der Waals surface area contributed by atoms with Crippen molar-refractivity contribution in [2.24, 2.45) is 0 Å². The van der Waals surface area contributed by atoms with Gasteiger partial charge in [-0.05, 0) is 16.8 Å². The van der Waals surface area contributed by atoms with Crippen LogP contribution >= 0.6 is 0 Å². The van der Waals surface area contributed by atoms with Crippen molar-refractivity contribution in [1.82, 2.24) is 20.2 Å². The Labute approximate surface area is 71.7 Å². The number of halogens is 3. The minimum absolute atomic E-state index is 0.0298. The molecule has 0 aliphatic carbocycles. The SMILES string of the molecule is Nc1nnnn1CCCC(F)(F)F. The number of alkyl halides is 3. The Morgan fingerprint density at radius 1 is 1.38 bits per heavy atom. The second kappa shape index (κ2) is 3.58. The Hall–Kier alpha value is -1.34. The molecule has 0 unspecified atom stereocenters. The third-order valence-electron chi connectivity index (χ3n) is 1.39. The lowest BCUT2D eigenvalue weighted by molar-refractivity contribution is -0.136. The smallest absolute Gasteiger partial charge is 0.367 e. The third-order valence-corrected chi connectivity index (χ3v) is 1.39. The number of nitrogens with two attached hydrogens (primary N) is 1. The van der Waals surface area contributed by atoms with E-state index >= 15 is 0 Å². The number of aryl methyl sites for hydroxylation is 1. The highest BCUT2D eigenvalue weighted by Gasteiger charge is 2.26. The van der Waals surface area contributed by atoms with Crippen LogP contribution in [0.3, 0.4) is 0 Å². The molecule has 74 valence electrons. The molecule has 8 heteroatoms. The molecule has 1 rings (SSSR count). The molecule has 0 aliphatic heterocycles. The van der Waals surface area contributed by atoms with Gasteiger partial charge in [-0.1, -0.05) is 5.10 Å². The van der Waals surface area contributed by atoms with Gasteiger partial charge in [-0.15, -0.1) is 0 Å². The zero-order valence-corrected chi connectivity index (χ0v) is 6.62. The number of nitrogen functional groups attached to an aromatic ring is 1. The first kappa shape index (κ1) is 9.75. The van der Waals surface area contributed by atoms with Gasteiger partial charge < -0.3 is 5.73 Å². The molecule has 13 heavy (non-hydrogen) atoms. The lowest BCUT2D eigenvalue weighted by Gasteiger charge is -2.05. The van der Waals surface area contributed by atoms with Gasteiger partial charge in [0.05, 0.1) is 0 Å². The highest BCUT2D eigenvalue weighted by atomic mass is 19.4. The first-order valence-electron chi connectivity index (χ1n) is 3.57. The standard InChI is InChI=1S/C5H8F3N5/c6-5(7,8)2-1-3-13-4(9)10-11-12-13/h1-3H2,(H2,9,10,12). The molecule has 0 saturated heterocycles. The molecule has 1 aromatic heterocycles. The van der Waals surface area contributed by atoms with E-state index in [1.807, 2.05) is 0 Å². The highest BCUT2D eigenvalue weighted by molar-refractivity contribution is 5.09. The predicted octanol–water partition coefficient (Wildman–Crippen LogP) is 0.598. The number of hydrogen-bond acceptors (Lipinski definition) is 4. The van der Waals surface area contributed by atoms with Gasteiger partial charge in [0.1, 0.15) is 0 Å². The van der Waals surface area contributed by atoms with Crippen molar-refractivity contribution in [2.75, 3.05) is 5.73 Å². The quantitative estimate of drug-likeness (QED) is 0.766. The summed E-state index contributed by atoms with van der Waals surface area (Å²) in [4.78, 5) is 0. The zero-order valence-electron chi connectivity index (χ0n) is 6.62. The molecule has 0 saturated carbocycles. The van der Waals surface area contributed by atoms with Crippen molar-refractivity contribution in [3.63, 3.8) is 0 Å². The van der Waals surface area contributed by atoms with Crippen molar-refractivity contribution < 1.29 is 13.2 Å². The summed E-state index contributed by atoms with van der Waals surface area (Å²) in [5, 5.41) is 9.92. The van der Waals surface area contributed by atoms with Crippen LogP contribution in [0.1, 0.15) is 12.8 Å². The van der Waals surface area contributed by atoms with E-state index in [9.17, 15) is 13.2 Å². The average molecular weight is 195 g/mol. The lowest BCUT2D eigenvalue weighted by atomic mass is 10.3. The summed E-state index contributed by atoms with van der Waals surface area (Å²) < 4.78 is 36.2. The fraction of sp³-hybridized carbons (Fsp3) is 0.800. The molecule has 0 spiro atoms. The Morgan fingerprint density at radius 3 is 2.54 bits per heavy atom. The molecule has 1 heterocycles. The summed E-state index contributed by atoms with van der Waals surface area (Å²) in [6, 6.07) is 0. The van der Waals surface area contributed by atoms with Gasteiger partial charge in [-0.25, -0.2) is 4.68 Å². The molecule has 0 amide bonds. The molecule has 0 bridgehead atoms. The highest BCUT2D eigenvalue weighted by Crippen LogP contribution is 2.21. The molecule has 0 radical (unpaired) electrons. The zero-order chi connectivity index (χ0) is 9.90. The van der Waals surface area contributed by atoms with E-state index in [1.165, 1.54) is 0 Å². The summed E-state index contributed by atoms with van der Waals surface area (Å²) in [5.41, 5.74) is 5.24. The van der Waals surface area contributed by atoms with Gasteiger partial charge in [0.15, 0.2) is 0 Å². The molecule has 0 aromatic carbocycles. The van der Waals surface area contributed by atoms with E-state index in [4.69, 9.17) is 5.73 Å². The van der Waals surface area contributed by atoms with E-state index in [1.54, 1.807) is 0 Å². The van der Waals surface area contributed by atoms with Crippen LogP contribution in [0.25, 0.3) is 0 Å². The van der Waals surface area contributed by atoms with Crippen molar-refractivity contribution in [2.45, 2.75) is 25.6 Å². The number of hydrogen-bond donors (Lipinski definition) is 1. The minimum Gasteiger partial charge on any atom is -0.367 e. The second-order valence-corrected chi connectivity index (χ2v) is 2.48. The van der Waals surface area contributed by atoms with Gasteiger partial charge in [0, 0.05) is 13.0 Å². The van der Waals surface area contributed by atoms with Crippen LogP contribution in [0.5, 0.6) is 0 Å². The Morgan fingerprint density at radius 2 is 2.08 bits per heavy atom. The molecule has 0 aliphatic rings. The Kier molecular flexibility index (Phi) is 2.69. The molecule has 0 atom stereocenters. The summed E-state index contributed by atoms with van der Waals surface area (Å²) >= 11 is 0. The second-order valence-electron chi connectivity index (χ2n) is 2.48. The normalized spacial score (nSPS) is 11.9. The summed E-state index contributed by atoms with van der Waals surface area (Å²) in [7, 11) is 0. The molecule has 2 N–H and O–H groups in total. The molecule has 0 fully saturated rings. The fourth-order valence-corrected chi connectivity index (χ4v) is 0.800. The maximum atomic E-state index is 11.7. The van der Waals surface area contributed by atoms with Crippen molar-refractivity contribution in [3.05, 3.63) is 0 Å². The van der Waals surface area contributed by atoms with Gasteiger partial charge >= 0.3 is 6.18 Å². The fourth-order valence-electron chi connectivity index (χ4n) is 0.800. The molecular weight excluding hydrogens is 187 g/mol. The van der Waals surface area contributed by atoms with Gasteiger partial charge in [0.2, 0.25) is 5.95 Å². The maximum absolute atomic E-state index is 11.7. The summed E-state index contributed by atoms with van der Waals surface area (Å²) in [6.07, 6.45) is -5.06. The predicted molar refractivity (Wildman–Crippen MR) is 37.5 cm³/mol. The van der Waals surface area contributed by atoms with Crippen molar-refractivity contribution in [3.8, 4) is 0 Å². The van der Waals surface area contributed by atoms with Crippen LogP contribution in [0, 0.1) is 0 Å². The van der Waals surface area contributed by atoms with Crippen LogP contribution in [0.4, 0.5) is 19.1 Å². The van der Waals surface area contributed by atoms with Crippen LogP contribution in [-0.4, -0.2) is 26.4 Å². The molecule has 1 aromatic rings. The third kappa shape index (κ3) is 3.26. The minimum atomic E-state index is -4.14.